The zero-order valence-corrected chi connectivity index (χ0v) is 12.7. The molecule has 1 heterocycles. The Labute approximate surface area is 128 Å². The van der Waals surface area contributed by atoms with Gasteiger partial charge in [0.15, 0.2) is 0 Å². The first-order valence-electron chi connectivity index (χ1n) is 6.21. The summed E-state index contributed by atoms with van der Waals surface area (Å²) in [6.07, 6.45) is 0. The first-order valence-corrected chi connectivity index (χ1v) is 7.00. The molecule has 0 spiro atoms. The lowest BCUT2D eigenvalue weighted by Crippen LogP contribution is -1.93. The summed E-state index contributed by atoms with van der Waals surface area (Å²) in [5.74, 6) is 0.378. The van der Waals surface area contributed by atoms with Gasteiger partial charge in [-0.2, -0.15) is 4.98 Å². The Kier molecular flexibility index (Phi) is 3.47. The number of para-hydroxylation sites is 1. The molecule has 0 aliphatic rings. The normalized spacial score (nSPS) is 10.8. The summed E-state index contributed by atoms with van der Waals surface area (Å²) in [6.45, 7) is 1.91. The molecule has 3 aromatic rings. The van der Waals surface area contributed by atoms with Crippen LogP contribution in [0.3, 0.4) is 0 Å². The number of nitrogens with two attached hydrogens (primary N) is 1. The fraction of sp³-hybridized carbons (Fsp3) is 0.0667. The van der Waals surface area contributed by atoms with E-state index < -0.39 is 0 Å². The number of aryl methyl sites for hydroxylation is 1. The first kappa shape index (κ1) is 13.8. The van der Waals surface area contributed by atoms with E-state index in [2.05, 4.69) is 26.1 Å². The molecule has 0 bridgehead atoms. The second-order valence-electron chi connectivity index (χ2n) is 4.59. The monoisotopic (exact) mass is 347 g/mol. The molecule has 3 rings (SSSR count). The van der Waals surface area contributed by atoms with E-state index in [1.165, 1.54) is 6.07 Å². The highest BCUT2D eigenvalue weighted by Crippen LogP contribution is 2.29. The van der Waals surface area contributed by atoms with Crippen molar-refractivity contribution >= 4 is 21.6 Å². The summed E-state index contributed by atoms with van der Waals surface area (Å²) in [5.41, 5.74) is 8.91. The van der Waals surface area contributed by atoms with E-state index >= 15 is 0 Å². The van der Waals surface area contributed by atoms with Crippen molar-refractivity contribution in [1.29, 1.82) is 0 Å². The maximum absolute atomic E-state index is 13.3. The quantitative estimate of drug-likeness (QED) is 0.705. The van der Waals surface area contributed by atoms with E-state index in [1.54, 1.807) is 12.1 Å². The minimum Gasteiger partial charge on any atom is -0.398 e. The van der Waals surface area contributed by atoms with Crippen LogP contribution in [-0.2, 0) is 0 Å². The van der Waals surface area contributed by atoms with Crippen LogP contribution in [0.2, 0.25) is 0 Å². The molecule has 0 aliphatic carbocycles. The van der Waals surface area contributed by atoms with Crippen LogP contribution in [0.5, 0.6) is 0 Å². The van der Waals surface area contributed by atoms with Gasteiger partial charge in [0.1, 0.15) is 5.82 Å². The van der Waals surface area contributed by atoms with Crippen LogP contribution < -0.4 is 5.73 Å². The summed E-state index contributed by atoms with van der Waals surface area (Å²) in [7, 11) is 0. The number of nitrogens with zero attached hydrogens (tertiary/aromatic N) is 2. The van der Waals surface area contributed by atoms with Crippen LogP contribution in [0.4, 0.5) is 10.1 Å². The van der Waals surface area contributed by atoms with Crippen LogP contribution in [0.1, 0.15) is 5.56 Å². The highest BCUT2D eigenvalue weighted by atomic mass is 79.9. The molecule has 21 heavy (non-hydrogen) atoms. The van der Waals surface area contributed by atoms with Crippen molar-refractivity contribution in [3.05, 3.63) is 52.3 Å². The number of benzene rings is 2. The van der Waals surface area contributed by atoms with Gasteiger partial charge >= 0.3 is 0 Å². The Bertz CT molecular complexity index is 816. The Morgan fingerprint density at radius 1 is 1.24 bits per heavy atom. The molecule has 4 nitrogen and oxygen atoms in total. The Hall–Kier alpha value is -2.21. The van der Waals surface area contributed by atoms with Gasteiger partial charge in [-0.3, -0.25) is 0 Å². The number of halogens is 2. The molecular weight excluding hydrogens is 337 g/mol. The molecular formula is C15H11BrFN3O. The first-order chi connectivity index (χ1) is 10.1. The topological polar surface area (TPSA) is 64.9 Å². The molecule has 2 N–H and O–H groups in total. The van der Waals surface area contributed by atoms with Crippen molar-refractivity contribution in [2.45, 2.75) is 6.92 Å². The van der Waals surface area contributed by atoms with Crippen LogP contribution in [0, 0.1) is 12.7 Å². The summed E-state index contributed by atoms with van der Waals surface area (Å²) in [4.78, 5) is 4.32. The maximum Gasteiger partial charge on any atom is 0.260 e. The van der Waals surface area contributed by atoms with E-state index in [-0.39, 0.29) is 5.82 Å². The average molecular weight is 348 g/mol. The van der Waals surface area contributed by atoms with Gasteiger partial charge in [0.2, 0.25) is 5.82 Å². The van der Waals surface area contributed by atoms with Crippen LogP contribution in [0.25, 0.3) is 22.8 Å². The van der Waals surface area contributed by atoms with Crippen molar-refractivity contribution in [1.82, 2.24) is 10.1 Å². The number of hydrogen-bond donors (Lipinski definition) is 1. The summed E-state index contributed by atoms with van der Waals surface area (Å²) in [5, 5.41) is 3.92. The summed E-state index contributed by atoms with van der Waals surface area (Å²) >= 11 is 3.14. The average Bonchev–Trinajstić information content (AvgIpc) is 2.94. The number of aromatic nitrogens is 2. The largest absolute Gasteiger partial charge is 0.398 e. The summed E-state index contributed by atoms with van der Waals surface area (Å²) in [6, 6.07) is 10.1. The van der Waals surface area contributed by atoms with Crippen molar-refractivity contribution in [2.75, 3.05) is 5.73 Å². The lowest BCUT2D eigenvalue weighted by molar-refractivity contribution is 0.432. The molecule has 0 atom stereocenters. The molecule has 0 saturated heterocycles. The molecule has 1 aromatic heterocycles. The van der Waals surface area contributed by atoms with Gasteiger partial charge in [-0.05, 0) is 52.7 Å². The molecule has 0 amide bonds. The fourth-order valence-corrected chi connectivity index (χ4v) is 2.33. The van der Waals surface area contributed by atoms with E-state index in [0.717, 1.165) is 5.56 Å². The minimum atomic E-state index is -0.342. The van der Waals surface area contributed by atoms with Gasteiger partial charge in [-0.1, -0.05) is 17.3 Å². The van der Waals surface area contributed by atoms with Crippen molar-refractivity contribution < 1.29 is 8.91 Å². The van der Waals surface area contributed by atoms with Gasteiger partial charge in [-0.25, -0.2) is 4.39 Å². The third kappa shape index (κ3) is 2.54. The predicted octanol–water partition coefficient (Wildman–Crippen LogP) is 4.20. The van der Waals surface area contributed by atoms with E-state index in [9.17, 15) is 4.39 Å². The number of anilines is 1. The molecule has 0 fully saturated rings. The van der Waals surface area contributed by atoms with Crippen molar-refractivity contribution in [3.8, 4) is 22.8 Å². The zero-order chi connectivity index (χ0) is 15.0. The van der Waals surface area contributed by atoms with E-state index in [4.69, 9.17) is 10.3 Å². The van der Waals surface area contributed by atoms with Gasteiger partial charge in [0.25, 0.3) is 5.89 Å². The smallest absolute Gasteiger partial charge is 0.260 e. The maximum atomic E-state index is 13.3. The minimum absolute atomic E-state index is 0.339. The third-order valence-electron chi connectivity index (χ3n) is 3.16. The van der Waals surface area contributed by atoms with E-state index in [0.29, 0.717) is 33.0 Å². The SMILES string of the molecule is Cc1cccc(-c2nc(-c3ccc(F)c(Br)c3)no2)c1N. The molecule has 106 valence electrons. The molecule has 0 aliphatic heterocycles. The Morgan fingerprint density at radius 2 is 2.05 bits per heavy atom. The second kappa shape index (κ2) is 5.29. The second-order valence-corrected chi connectivity index (χ2v) is 5.44. The molecule has 0 unspecified atom stereocenters. The van der Waals surface area contributed by atoms with Crippen LogP contribution in [0.15, 0.2) is 45.4 Å². The molecule has 0 saturated carbocycles. The molecule has 6 heteroatoms. The van der Waals surface area contributed by atoms with Crippen LogP contribution >= 0.6 is 15.9 Å². The summed E-state index contributed by atoms with van der Waals surface area (Å²) < 4.78 is 18.9. The van der Waals surface area contributed by atoms with Gasteiger partial charge < -0.3 is 10.3 Å². The van der Waals surface area contributed by atoms with Crippen molar-refractivity contribution in [3.63, 3.8) is 0 Å². The van der Waals surface area contributed by atoms with Gasteiger partial charge in [0, 0.05) is 11.3 Å². The highest BCUT2D eigenvalue weighted by molar-refractivity contribution is 9.10. The van der Waals surface area contributed by atoms with Gasteiger partial charge in [0.05, 0.1) is 10.0 Å². The lowest BCUT2D eigenvalue weighted by atomic mass is 10.1. The van der Waals surface area contributed by atoms with Crippen LogP contribution in [-0.4, -0.2) is 10.1 Å². The zero-order valence-electron chi connectivity index (χ0n) is 11.1. The number of hydrogen-bond acceptors (Lipinski definition) is 4. The standard InChI is InChI=1S/C15H11BrFN3O/c1-8-3-2-4-10(13(8)18)15-19-14(20-21-15)9-5-6-12(17)11(16)7-9/h2-7H,18H2,1H3. The highest BCUT2D eigenvalue weighted by Gasteiger charge is 2.14. The number of rotatable bonds is 2. The molecule has 0 radical (unpaired) electrons. The van der Waals surface area contributed by atoms with Crippen molar-refractivity contribution in [2.24, 2.45) is 0 Å². The lowest BCUT2D eigenvalue weighted by Gasteiger charge is -2.03. The third-order valence-corrected chi connectivity index (χ3v) is 3.77. The predicted molar refractivity (Wildman–Crippen MR) is 82.0 cm³/mol. The number of nitrogen functional groups attached to an aromatic ring is 1. The van der Waals surface area contributed by atoms with E-state index in [1.807, 2.05) is 25.1 Å². The fourth-order valence-electron chi connectivity index (χ4n) is 1.95. The Balaban J connectivity index is 2.03. The van der Waals surface area contributed by atoms with Gasteiger partial charge in [-0.15, -0.1) is 0 Å². The molecule has 2 aromatic carbocycles. The Morgan fingerprint density at radius 3 is 2.81 bits per heavy atom.